The Morgan fingerprint density at radius 1 is 1.07 bits per heavy atom. The minimum atomic E-state index is -1.19. The molecule has 1 aromatic carbocycles. The van der Waals surface area contributed by atoms with E-state index in [0.717, 1.165) is 18.4 Å². The first-order valence-corrected chi connectivity index (χ1v) is 9.32. The molecule has 0 heterocycles. The summed E-state index contributed by atoms with van der Waals surface area (Å²) in [5.41, 5.74) is 2.59. The minimum Gasteiger partial charge on any atom is -0.497 e. The third-order valence-electron chi connectivity index (χ3n) is 5.20. The summed E-state index contributed by atoms with van der Waals surface area (Å²) in [4.78, 5) is 25.4. The second-order valence-corrected chi connectivity index (χ2v) is 6.70. The summed E-state index contributed by atoms with van der Waals surface area (Å²) in [6.07, 6.45) is 1.20. The highest BCUT2D eigenvalue weighted by Crippen LogP contribution is 2.48. The summed E-state index contributed by atoms with van der Waals surface area (Å²) in [7, 11) is 4.01. The van der Waals surface area contributed by atoms with Crippen LogP contribution in [0.2, 0.25) is 0 Å². The highest BCUT2D eigenvalue weighted by molar-refractivity contribution is 5.97. The third-order valence-corrected chi connectivity index (χ3v) is 5.20. The third kappa shape index (κ3) is 3.97. The second kappa shape index (κ2) is 9.55. The van der Waals surface area contributed by atoms with Crippen LogP contribution in [0.4, 0.5) is 0 Å². The fourth-order valence-corrected chi connectivity index (χ4v) is 3.77. The molecule has 0 saturated heterocycles. The summed E-state index contributed by atoms with van der Waals surface area (Å²) in [6, 6.07) is 7.18. The molecule has 1 N–H and O–H groups in total. The van der Waals surface area contributed by atoms with Crippen molar-refractivity contribution in [2.75, 3.05) is 21.3 Å². The molecule has 0 fully saturated rings. The van der Waals surface area contributed by atoms with Crippen molar-refractivity contribution in [3.8, 4) is 0 Å². The number of carbonyl (C=O) groups is 2. The number of rotatable bonds is 7. The topological polar surface area (TPSA) is 82.1 Å². The number of ether oxygens (including phenoxy) is 3. The summed E-state index contributed by atoms with van der Waals surface area (Å²) in [5.74, 6) is -3.01. The molecule has 6 heteroatoms. The molecule has 1 aliphatic rings. The van der Waals surface area contributed by atoms with Crippen molar-refractivity contribution < 1.29 is 28.9 Å². The first-order valence-electron chi connectivity index (χ1n) is 9.32. The number of allylic oxidation sites excluding steroid dienone is 1. The average Bonchev–Trinajstić information content (AvgIpc) is 2.73. The lowest BCUT2D eigenvalue weighted by Crippen LogP contribution is -2.40. The molecular formula is C22H28O6. The van der Waals surface area contributed by atoms with Crippen molar-refractivity contribution in [1.29, 1.82) is 0 Å². The monoisotopic (exact) mass is 388 g/mol. The maximum absolute atomic E-state index is 12.8. The molecule has 28 heavy (non-hydrogen) atoms. The van der Waals surface area contributed by atoms with E-state index in [1.54, 1.807) is 12.1 Å². The fraction of sp³-hybridized carbons (Fsp3) is 0.455. The Morgan fingerprint density at radius 2 is 1.71 bits per heavy atom. The summed E-state index contributed by atoms with van der Waals surface area (Å²) < 4.78 is 15.3. The van der Waals surface area contributed by atoms with Crippen molar-refractivity contribution in [2.45, 2.75) is 32.3 Å². The van der Waals surface area contributed by atoms with Gasteiger partial charge in [0.05, 0.1) is 33.4 Å². The second-order valence-electron chi connectivity index (χ2n) is 6.70. The van der Waals surface area contributed by atoms with Gasteiger partial charge in [-0.25, -0.2) is 0 Å². The van der Waals surface area contributed by atoms with Gasteiger partial charge in [0.25, 0.3) is 0 Å². The van der Waals surface area contributed by atoms with Crippen molar-refractivity contribution in [3.63, 3.8) is 0 Å². The molecule has 152 valence electrons. The van der Waals surface area contributed by atoms with E-state index in [0.29, 0.717) is 28.9 Å². The first-order chi connectivity index (χ1) is 13.4. The molecule has 0 unspecified atom stereocenters. The van der Waals surface area contributed by atoms with Gasteiger partial charge in [-0.05, 0) is 35.1 Å². The van der Waals surface area contributed by atoms with Gasteiger partial charge in [0, 0.05) is 0 Å². The standard InChI is InChI=1S/C22H28O6/c1-6-7-10-14(13(2)26-3)17-15-11-8-9-12-16(15)20(23)19(22(25)28-5)18(17)21(24)27-4/h8-9,11-12,18-20,23H,2,6-7,10H2,1,3-5H3/b17-14+/t18-,19+,20+/m1/s1. The van der Waals surface area contributed by atoms with E-state index in [-0.39, 0.29) is 0 Å². The van der Waals surface area contributed by atoms with Gasteiger partial charge >= 0.3 is 11.9 Å². The van der Waals surface area contributed by atoms with E-state index in [2.05, 4.69) is 13.5 Å². The number of aliphatic hydroxyl groups is 1. The zero-order valence-corrected chi connectivity index (χ0v) is 16.9. The molecule has 2 rings (SSSR count). The van der Waals surface area contributed by atoms with E-state index >= 15 is 0 Å². The molecule has 1 aliphatic carbocycles. The summed E-state index contributed by atoms with van der Waals surface area (Å²) >= 11 is 0. The number of unbranched alkanes of at least 4 members (excludes halogenated alkanes) is 1. The lowest BCUT2D eigenvalue weighted by atomic mass is 9.68. The largest absolute Gasteiger partial charge is 0.497 e. The van der Waals surface area contributed by atoms with Gasteiger partial charge in [-0.2, -0.15) is 0 Å². The van der Waals surface area contributed by atoms with Gasteiger partial charge in [0.1, 0.15) is 11.7 Å². The van der Waals surface area contributed by atoms with Crippen molar-refractivity contribution in [2.24, 2.45) is 11.8 Å². The number of aliphatic hydroxyl groups excluding tert-OH is 1. The summed E-state index contributed by atoms with van der Waals surface area (Å²) in [6.45, 7) is 6.05. The average molecular weight is 388 g/mol. The number of hydrogen-bond acceptors (Lipinski definition) is 6. The van der Waals surface area contributed by atoms with Gasteiger partial charge in [0.15, 0.2) is 0 Å². The maximum Gasteiger partial charge on any atom is 0.314 e. The zero-order chi connectivity index (χ0) is 20.8. The molecule has 0 amide bonds. The van der Waals surface area contributed by atoms with E-state index in [1.165, 1.54) is 21.3 Å². The predicted octanol–water partition coefficient (Wildman–Crippen LogP) is 3.42. The minimum absolute atomic E-state index is 0.423. The van der Waals surface area contributed by atoms with Crippen LogP contribution in [0.3, 0.4) is 0 Å². The molecule has 0 radical (unpaired) electrons. The van der Waals surface area contributed by atoms with Crippen LogP contribution in [0.15, 0.2) is 42.2 Å². The lowest BCUT2D eigenvalue weighted by molar-refractivity contribution is -0.160. The van der Waals surface area contributed by atoms with Crippen molar-refractivity contribution in [1.82, 2.24) is 0 Å². The normalized spacial score (nSPS) is 22.7. The van der Waals surface area contributed by atoms with Gasteiger partial charge in [0.2, 0.25) is 0 Å². The Morgan fingerprint density at radius 3 is 2.29 bits per heavy atom. The number of carbonyl (C=O) groups excluding carboxylic acids is 2. The lowest BCUT2D eigenvalue weighted by Gasteiger charge is -2.37. The van der Waals surface area contributed by atoms with E-state index in [1.807, 2.05) is 12.1 Å². The van der Waals surface area contributed by atoms with E-state index < -0.39 is 29.9 Å². The Kier molecular flexibility index (Phi) is 7.40. The van der Waals surface area contributed by atoms with Crippen LogP contribution in [-0.4, -0.2) is 38.4 Å². The molecular weight excluding hydrogens is 360 g/mol. The molecule has 1 aromatic rings. The molecule has 0 aromatic heterocycles. The molecule has 0 saturated carbocycles. The predicted molar refractivity (Wildman–Crippen MR) is 105 cm³/mol. The van der Waals surface area contributed by atoms with Gasteiger partial charge in [-0.15, -0.1) is 0 Å². The molecule has 0 aliphatic heterocycles. The SMILES string of the molecule is C=C(OC)/C(CCCC)=C1\c2ccccc2[C@H](O)[C@@H](C(=O)OC)[C@@H]1C(=O)OC. The number of hydrogen-bond donors (Lipinski definition) is 1. The van der Waals surface area contributed by atoms with Crippen LogP contribution < -0.4 is 0 Å². The zero-order valence-electron chi connectivity index (χ0n) is 16.9. The van der Waals surface area contributed by atoms with Crippen LogP contribution in [0.5, 0.6) is 0 Å². The number of benzene rings is 1. The van der Waals surface area contributed by atoms with Crippen LogP contribution in [0.1, 0.15) is 43.4 Å². The molecule has 3 atom stereocenters. The first kappa shape index (κ1) is 21.7. The van der Waals surface area contributed by atoms with E-state index in [4.69, 9.17) is 14.2 Å². The number of fused-ring (bicyclic) bond motifs is 1. The Hall–Kier alpha value is -2.60. The van der Waals surface area contributed by atoms with Crippen LogP contribution in [0.25, 0.3) is 5.57 Å². The van der Waals surface area contributed by atoms with Gasteiger partial charge < -0.3 is 19.3 Å². The van der Waals surface area contributed by atoms with Crippen LogP contribution in [-0.2, 0) is 23.8 Å². The van der Waals surface area contributed by atoms with Crippen molar-refractivity contribution >= 4 is 17.5 Å². The number of esters is 2. The summed E-state index contributed by atoms with van der Waals surface area (Å²) in [5, 5.41) is 10.9. The highest BCUT2D eigenvalue weighted by atomic mass is 16.5. The van der Waals surface area contributed by atoms with Crippen LogP contribution in [0, 0.1) is 11.8 Å². The van der Waals surface area contributed by atoms with Gasteiger partial charge in [-0.1, -0.05) is 44.2 Å². The van der Waals surface area contributed by atoms with E-state index in [9.17, 15) is 14.7 Å². The molecule has 0 spiro atoms. The molecule has 0 bridgehead atoms. The number of methoxy groups -OCH3 is 3. The Balaban J connectivity index is 2.87. The quantitative estimate of drug-likeness (QED) is 0.569. The Labute approximate surface area is 165 Å². The highest BCUT2D eigenvalue weighted by Gasteiger charge is 2.49. The Bertz CT molecular complexity index is 779. The van der Waals surface area contributed by atoms with Crippen molar-refractivity contribution in [3.05, 3.63) is 53.3 Å². The van der Waals surface area contributed by atoms with Gasteiger partial charge in [-0.3, -0.25) is 9.59 Å². The smallest absolute Gasteiger partial charge is 0.314 e. The molecule has 6 nitrogen and oxygen atoms in total. The van der Waals surface area contributed by atoms with Crippen LogP contribution >= 0.6 is 0 Å². The fourth-order valence-electron chi connectivity index (χ4n) is 3.77. The maximum atomic E-state index is 12.8.